The number of nitrogens with zero attached hydrogens (tertiary/aromatic N) is 2. The zero-order valence-corrected chi connectivity index (χ0v) is 17.2. The molecule has 1 aromatic carbocycles. The third kappa shape index (κ3) is 5.58. The van der Waals surface area contributed by atoms with Crippen molar-refractivity contribution in [1.82, 2.24) is 9.29 Å². The molecule has 31 heavy (non-hydrogen) atoms. The van der Waals surface area contributed by atoms with Crippen LogP contribution in [0.15, 0.2) is 30.5 Å². The van der Waals surface area contributed by atoms with E-state index in [4.69, 9.17) is 4.74 Å². The van der Waals surface area contributed by atoms with Crippen LogP contribution in [0.4, 0.5) is 26.0 Å². The van der Waals surface area contributed by atoms with Crippen molar-refractivity contribution in [3.05, 3.63) is 47.7 Å². The van der Waals surface area contributed by atoms with Crippen LogP contribution in [0.2, 0.25) is 0 Å². The highest BCUT2D eigenvalue weighted by Gasteiger charge is 2.38. The van der Waals surface area contributed by atoms with E-state index >= 15 is 0 Å². The molecule has 0 saturated carbocycles. The van der Waals surface area contributed by atoms with E-state index in [2.05, 4.69) is 20.3 Å². The first-order valence-electron chi connectivity index (χ1n) is 9.07. The van der Waals surface area contributed by atoms with Gasteiger partial charge in [-0.15, -0.1) is 4.55 Å². The van der Waals surface area contributed by atoms with Crippen LogP contribution >= 0.6 is 0 Å². The first-order valence-corrected chi connectivity index (χ1v) is 10.5. The number of pyridine rings is 1. The number of amides is 2. The molecule has 1 aromatic heterocycles. The Kier molecular flexibility index (Phi) is 6.90. The standard InChI is InChI=1S/C18H19F2N5O5S/c1-11(26)22-15-5-2-12(10-21-15)18(27)23-17-13(19)3-4-14(16(17)20)24-31(28,29)25-6-8-30-9-7-25/h2-5,10H,6-9H2,1H3,(H3-,21,22,23,24,26,27,28,29)/p+1. The van der Waals surface area contributed by atoms with Gasteiger partial charge in [0.05, 0.1) is 31.9 Å². The number of halogens is 2. The molecule has 1 aliphatic rings. The number of hydrogen-bond donors (Lipinski definition) is 4. The second kappa shape index (κ2) is 9.43. The molecule has 1 aliphatic heterocycles. The Bertz CT molecular complexity index is 1030. The molecule has 166 valence electrons. The lowest BCUT2D eigenvalue weighted by Crippen LogP contribution is -2.47. The molecule has 0 spiro atoms. The minimum absolute atomic E-state index is 0.0227. The van der Waals surface area contributed by atoms with Crippen molar-refractivity contribution in [3.8, 4) is 0 Å². The van der Waals surface area contributed by atoms with E-state index in [1.807, 2.05) is 0 Å². The van der Waals surface area contributed by atoms with Gasteiger partial charge in [0.1, 0.15) is 23.0 Å². The Morgan fingerprint density at radius 3 is 2.48 bits per heavy atom. The first-order chi connectivity index (χ1) is 14.7. The normalized spacial score (nSPS) is 16.3. The number of benzene rings is 1. The summed E-state index contributed by atoms with van der Waals surface area (Å²) in [6, 6.07) is 4.48. The molecule has 13 heteroatoms. The fourth-order valence-electron chi connectivity index (χ4n) is 2.72. The minimum Gasteiger partial charge on any atom is -0.378 e. The number of carbonyl (C=O) groups excluding carboxylic acids is 2. The topological polar surface area (TPSA) is 133 Å². The van der Waals surface area contributed by atoms with Gasteiger partial charge in [0.2, 0.25) is 5.91 Å². The summed E-state index contributed by atoms with van der Waals surface area (Å²) in [6.45, 7) is 2.06. The molecule has 1 atom stereocenters. The molecule has 3 rings (SSSR count). The van der Waals surface area contributed by atoms with Crippen molar-refractivity contribution in [2.24, 2.45) is 0 Å². The summed E-state index contributed by atoms with van der Waals surface area (Å²) in [5.74, 6) is -3.33. The number of hydrogen-bond acceptors (Lipinski definition) is 5. The molecule has 2 aromatic rings. The van der Waals surface area contributed by atoms with E-state index in [9.17, 15) is 27.1 Å². The van der Waals surface area contributed by atoms with Gasteiger partial charge >= 0.3 is 10.6 Å². The van der Waals surface area contributed by atoms with Crippen LogP contribution in [0.3, 0.4) is 0 Å². The van der Waals surface area contributed by atoms with Gasteiger partial charge in [0, 0.05) is 13.1 Å². The lowest BCUT2D eigenvalue weighted by molar-refractivity contribution is -0.114. The quantitative estimate of drug-likeness (QED) is 0.492. The lowest BCUT2D eigenvalue weighted by Gasteiger charge is -2.24. The molecule has 1 fully saturated rings. The zero-order chi connectivity index (χ0) is 22.6. The van der Waals surface area contributed by atoms with Gasteiger partial charge in [-0.1, -0.05) is 4.31 Å². The molecular weight excluding hydrogens is 436 g/mol. The van der Waals surface area contributed by atoms with Crippen molar-refractivity contribution < 1.29 is 31.9 Å². The van der Waals surface area contributed by atoms with E-state index in [0.29, 0.717) is 0 Å². The maximum atomic E-state index is 14.9. The third-order valence-corrected chi connectivity index (χ3v) is 5.77. The Hall–Kier alpha value is -3.00. The summed E-state index contributed by atoms with van der Waals surface area (Å²) in [5, 5.41) is 4.52. The molecule has 0 aliphatic carbocycles. The minimum atomic E-state index is -3.85. The molecule has 0 radical (unpaired) electrons. The number of aromatic nitrogens is 1. The fraction of sp³-hybridized carbons (Fsp3) is 0.278. The van der Waals surface area contributed by atoms with E-state index < -0.39 is 39.5 Å². The van der Waals surface area contributed by atoms with E-state index in [1.54, 1.807) is 0 Å². The van der Waals surface area contributed by atoms with Gasteiger partial charge in [0.25, 0.3) is 5.91 Å². The smallest absolute Gasteiger partial charge is 0.378 e. The predicted molar refractivity (Wildman–Crippen MR) is 110 cm³/mol. The van der Waals surface area contributed by atoms with Crippen molar-refractivity contribution in [3.63, 3.8) is 0 Å². The SMILES string of the molecule is CC(=O)Nc1ccc(C(=O)Nc2c(F)ccc(N[S+](=O)(O)N3CCOCC3)c2F)cn1. The van der Waals surface area contributed by atoms with Crippen LogP contribution in [0, 0.1) is 11.6 Å². The number of anilines is 3. The summed E-state index contributed by atoms with van der Waals surface area (Å²) in [6.07, 6.45) is 1.12. The van der Waals surface area contributed by atoms with Gasteiger partial charge in [-0.05, 0) is 28.5 Å². The van der Waals surface area contributed by atoms with Gasteiger partial charge in [-0.25, -0.2) is 13.8 Å². The number of morpholine rings is 1. The highest BCUT2D eigenvalue weighted by atomic mass is 32.3. The largest absolute Gasteiger partial charge is 0.396 e. The van der Waals surface area contributed by atoms with Crippen molar-refractivity contribution >= 4 is 39.6 Å². The van der Waals surface area contributed by atoms with Crippen molar-refractivity contribution in [2.45, 2.75) is 6.92 Å². The summed E-state index contributed by atoms with van der Waals surface area (Å²) >= 11 is 0. The summed E-state index contributed by atoms with van der Waals surface area (Å²) in [7, 11) is -3.85. The van der Waals surface area contributed by atoms with Crippen molar-refractivity contribution in [1.29, 1.82) is 0 Å². The third-order valence-electron chi connectivity index (χ3n) is 4.22. The van der Waals surface area contributed by atoms with Crippen LogP contribution in [0.25, 0.3) is 0 Å². The molecule has 0 bridgehead atoms. The van der Waals surface area contributed by atoms with Crippen LogP contribution in [-0.2, 0) is 24.3 Å². The molecular formula is C18H20F2N5O5S+. The average molecular weight is 456 g/mol. The molecule has 2 heterocycles. The van der Waals surface area contributed by atoms with E-state index in [1.165, 1.54) is 23.4 Å². The predicted octanol–water partition coefficient (Wildman–Crippen LogP) is 2.12. The lowest BCUT2D eigenvalue weighted by atomic mass is 10.2. The number of carbonyl (C=O) groups is 2. The molecule has 4 N–H and O–H groups in total. The average Bonchev–Trinajstić information content (AvgIpc) is 2.74. The Morgan fingerprint density at radius 2 is 1.87 bits per heavy atom. The number of ether oxygens (including phenoxy) is 1. The Balaban J connectivity index is 1.78. The Labute approximate surface area is 177 Å². The number of rotatable bonds is 6. The zero-order valence-electron chi connectivity index (χ0n) is 16.4. The molecule has 1 saturated heterocycles. The maximum Gasteiger partial charge on any atom is 0.396 e. The molecule has 10 nitrogen and oxygen atoms in total. The second-order valence-corrected chi connectivity index (χ2v) is 8.21. The summed E-state index contributed by atoms with van der Waals surface area (Å²) < 4.78 is 60.3. The van der Waals surface area contributed by atoms with E-state index in [-0.39, 0.29) is 43.6 Å². The Morgan fingerprint density at radius 1 is 1.16 bits per heavy atom. The van der Waals surface area contributed by atoms with Crippen molar-refractivity contribution in [2.75, 3.05) is 41.7 Å². The number of nitrogens with one attached hydrogen (secondary N) is 3. The van der Waals surface area contributed by atoms with Crippen LogP contribution in [0.5, 0.6) is 0 Å². The highest BCUT2D eigenvalue weighted by Crippen LogP contribution is 2.28. The van der Waals surface area contributed by atoms with Gasteiger partial charge in [-0.2, -0.15) is 4.72 Å². The van der Waals surface area contributed by atoms with Crippen LogP contribution in [-0.4, -0.2) is 52.0 Å². The highest BCUT2D eigenvalue weighted by molar-refractivity contribution is 7.96. The van der Waals surface area contributed by atoms with E-state index in [0.717, 1.165) is 18.3 Å². The van der Waals surface area contributed by atoms with Gasteiger partial charge in [-0.3, -0.25) is 9.59 Å². The molecule has 2 amide bonds. The monoisotopic (exact) mass is 456 g/mol. The van der Waals surface area contributed by atoms with Crippen LogP contribution in [0.1, 0.15) is 17.3 Å². The first kappa shape index (κ1) is 22.7. The maximum absolute atomic E-state index is 14.9. The molecule has 1 unspecified atom stereocenters. The van der Waals surface area contributed by atoms with Crippen LogP contribution < -0.4 is 15.4 Å². The second-order valence-electron chi connectivity index (χ2n) is 6.49. The summed E-state index contributed by atoms with van der Waals surface area (Å²) in [5.41, 5.74) is -1.28. The summed E-state index contributed by atoms with van der Waals surface area (Å²) in [4.78, 5) is 27.3. The van der Waals surface area contributed by atoms with Gasteiger partial charge < -0.3 is 15.4 Å². The van der Waals surface area contributed by atoms with Gasteiger partial charge in [0.15, 0.2) is 5.82 Å². The fourth-order valence-corrected chi connectivity index (χ4v) is 3.93.